The van der Waals surface area contributed by atoms with Crippen molar-refractivity contribution in [1.82, 2.24) is 10.6 Å². The molecule has 9 heteroatoms. The normalized spacial score (nSPS) is 8.59. The molecule has 0 radical (unpaired) electrons. The molecule has 0 fully saturated rings. The summed E-state index contributed by atoms with van der Waals surface area (Å²) < 4.78 is 0. The van der Waals surface area contributed by atoms with E-state index in [0.717, 1.165) is 0 Å². The molecule has 0 rings (SSSR count). The maximum Gasteiger partial charge on any atom is 0.317 e. The maximum atomic E-state index is 9.73. The SMILES string of the molecule is O=C(O)CNCCO.O=C(O)CNCCO.[Ni]. The number of carboxylic acid groups (broad SMARTS) is 2. The number of nitrogens with one attached hydrogen (secondary N) is 2. The van der Waals surface area contributed by atoms with Crippen LogP contribution >= 0.6 is 0 Å². The van der Waals surface area contributed by atoms with Gasteiger partial charge >= 0.3 is 11.9 Å². The van der Waals surface area contributed by atoms with Crippen LogP contribution < -0.4 is 10.6 Å². The topological polar surface area (TPSA) is 139 Å². The Morgan fingerprint density at radius 2 is 1.12 bits per heavy atom. The summed E-state index contributed by atoms with van der Waals surface area (Å²) in [7, 11) is 0. The van der Waals surface area contributed by atoms with E-state index in [1.54, 1.807) is 0 Å². The Bertz CT molecular complexity index is 173. The number of carbonyl (C=O) groups is 2. The number of aliphatic hydroxyl groups is 2. The van der Waals surface area contributed by atoms with Gasteiger partial charge in [-0.25, -0.2) is 0 Å². The number of aliphatic carboxylic acids is 2. The predicted molar refractivity (Wildman–Crippen MR) is 55.2 cm³/mol. The van der Waals surface area contributed by atoms with Gasteiger partial charge in [0.1, 0.15) is 0 Å². The average molecular weight is 297 g/mol. The van der Waals surface area contributed by atoms with Gasteiger partial charge in [-0.2, -0.15) is 0 Å². The van der Waals surface area contributed by atoms with Crippen LogP contribution in [0.2, 0.25) is 0 Å². The first-order valence-electron chi connectivity index (χ1n) is 4.61. The van der Waals surface area contributed by atoms with Gasteiger partial charge in [0.25, 0.3) is 0 Å². The van der Waals surface area contributed by atoms with E-state index in [4.69, 9.17) is 20.4 Å². The molecule has 0 aliphatic carbocycles. The van der Waals surface area contributed by atoms with Crippen LogP contribution in [0.5, 0.6) is 0 Å². The Balaban J connectivity index is -0.000000218. The van der Waals surface area contributed by atoms with Crippen molar-refractivity contribution in [2.45, 2.75) is 0 Å². The zero-order chi connectivity index (χ0) is 12.8. The molecule has 0 saturated heterocycles. The third-order valence-corrected chi connectivity index (χ3v) is 1.13. The number of rotatable bonds is 8. The summed E-state index contributed by atoms with van der Waals surface area (Å²) in [6.45, 7) is 0.472. The second kappa shape index (κ2) is 17.7. The van der Waals surface area contributed by atoms with Gasteiger partial charge in [-0.1, -0.05) is 0 Å². The van der Waals surface area contributed by atoms with Crippen LogP contribution in [0.25, 0.3) is 0 Å². The van der Waals surface area contributed by atoms with Crippen molar-refractivity contribution in [3.05, 3.63) is 0 Å². The molecule has 106 valence electrons. The molecule has 0 bridgehead atoms. The Kier molecular flexibility index (Phi) is 22.4. The summed E-state index contributed by atoms with van der Waals surface area (Å²) in [6.07, 6.45) is 0. The van der Waals surface area contributed by atoms with Crippen molar-refractivity contribution in [2.24, 2.45) is 0 Å². The fourth-order valence-corrected chi connectivity index (χ4v) is 0.549. The predicted octanol–water partition coefficient (Wildman–Crippen LogP) is -2.70. The molecule has 0 aliphatic rings. The van der Waals surface area contributed by atoms with Gasteiger partial charge < -0.3 is 31.1 Å². The molecule has 0 spiro atoms. The van der Waals surface area contributed by atoms with E-state index in [1.165, 1.54) is 0 Å². The van der Waals surface area contributed by atoms with Crippen molar-refractivity contribution in [3.8, 4) is 0 Å². The second-order valence-electron chi connectivity index (χ2n) is 2.59. The van der Waals surface area contributed by atoms with Crippen LogP contribution in [-0.2, 0) is 26.1 Å². The summed E-state index contributed by atoms with van der Waals surface area (Å²) in [6, 6.07) is 0. The Hall–Kier alpha value is -0.726. The number of hydrogen-bond donors (Lipinski definition) is 6. The molecule has 6 N–H and O–H groups in total. The number of aliphatic hydroxyl groups excluding tert-OH is 2. The third-order valence-electron chi connectivity index (χ3n) is 1.13. The summed E-state index contributed by atoms with van der Waals surface area (Å²) in [5.74, 6) is -1.81. The molecular weight excluding hydrogens is 279 g/mol. The quantitative estimate of drug-likeness (QED) is 0.210. The molecule has 8 nitrogen and oxygen atoms in total. The van der Waals surface area contributed by atoms with Crippen LogP contribution in [0.4, 0.5) is 0 Å². The minimum Gasteiger partial charge on any atom is -0.480 e. The van der Waals surface area contributed by atoms with Gasteiger partial charge in [0.15, 0.2) is 0 Å². The third kappa shape index (κ3) is 31.3. The van der Waals surface area contributed by atoms with E-state index in [-0.39, 0.29) is 42.8 Å². The average Bonchev–Trinajstić information content (AvgIpc) is 2.18. The molecule has 0 atom stereocenters. The Labute approximate surface area is 109 Å². The first-order chi connectivity index (χ1) is 7.54. The minimum absolute atomic E-state index is 0. The van der Waals surface area contributed by atoms with Crippen molar-refractivity contribution >= 4 is 11.9 Å². The van der Waals surface area contributed by atoms with Crippen LogP contribution in [0, 0.1) is 0 Å². The van der Waals surface area contributed by atoms with Crippen molar-refractivity contribution in [2.75, 3.05) is 39.4 Å². The molecule has 0 unspecified atom stereocenters. The van der Waals surface area contributed by atoms with Gasteiger partial charge in [0, 0.05) is 29.6 Å². The zero-order valence-corrected chi connectivity index (χ0v) is 10.2. The van der Waals surface area contributed by atoms with Gasteiger partial charge in [0.05, 0.1) is 26.3 Å². The minimum atomic E-state index is -0.904. The van der Waals surface area contributed by atoms with Crippen LogP contribution in [0.15, 0.2) is 0 Å². The molecule has 0 amide bonds. The maximum absolute atomic E-state index is 9.73. The number of hydrogen-bond acceptors (Lipinski definition) is 6. The zero-order valence-electron chi connectivity index (χ0n) is 9.16. The van der Waals surface area contributed by atoms with E-state index in [0.29, 0.717) is 13.1 Å². The van der Waals surface area contributed by atoms with Crippen LogP contribution in [-0.4, -0.2) is 71.8 Å². The smallest absolute Gasteiger partial charge is 0.317 e. The van der Waals surface area contributed by atoms with Crippen LogP contribution in [0.3, 0.4) is 0 Å². The molecule has 0 aromatic heterocycles. The molecule has 17 heavy (non-hydrogen) atoms. The molecular formula is C8H18N2NiO6. The fraction of sp³-hybridized carbons (Fsp3) is 0.750. The fourth-order valence-electron chi connectivity index (χ4n) is 0.549. The van der Waals surface area contributed by atoms with Gasteiger partial charge in [0.2, 0.25) is 0 Å². The van der Waals surface area contributed by atoms with E-state index in [1.807, 2.05) is 0 Å². The summed E-state index contributed by atoms with van der Waals surface area (Å²) in [5, 5.41) is 37.2. The van der Waals surface area contributed by atoms with E-state index in [9.17, 15) is 9.59 Å². The first-order valence-corrected chi connectivity index (χ1v) is 4.61. The van der Waals surface area contributed by atoms with Crippen LogP contribution in [0.1, 0.15) is 0 Å². The van der Waals surface area contributed by atoms with Crippen molar-refractivity contribution < 1.29 is 46.5 Å². The van der Waals surface area contributed by atoms with E-state index >= 15 is 0 Å². The monoisotopic (exact) mass is 296 g/mol. The largest absolute Gasteiger partial charge is 0.480 e. The van der Waals surface area contributed by atoms with Gasteiger partial charge in [-0.05, 0) is 0 Å². The molecule has 0 aromatic carbocycles. The van der Waals surface area contributed by atoms with Crippen molar-refractivity contribution in [3.63, 3.8) is 0 Å². The standard InChI is InChI=1S/2C4H9NO3.Ni/c2*6-2-1-5-3-4(7)8;/h2*5-6H,1-3H2,(H,7,8);. The van der Waals surface area contributed by atoms with E-state index < -0.39 is 11.9 Å². The summed E-state index contributed by atoms with van der Waals surface area (Å²) >= 11 is 0. The second-order valence-corrected chi connectivity index (χ2v) is 2.59. The first kappa shape index (κ1) is 21.5. The molecule has 0 aliphatic heterocycles. The van der Waals surface area contributed by atoms with Crippen molar-refractivity contribution in [1.29, 1.82) is 0 Å². The summed E-state index contributed by atoms with van der Waals surface area (Å²) in [4.78, 5) is 19.5. The summed E-state index contributed by atoms with van der Waals surface area (Å²) in [5.41, 5.74) is 0. The number of carboxylic acids is 2. The van der Waals surface area contributed by atoms with Gasteiger partial charge in [-0.3, -0.25) is 9.59 Å². The molecule has 0 saturated carbocycles. The Morgan fingerprint density at radius 1 is 0.824 bits per heavy atom. The van der Waals surface area contributed by atoms with E-state index in [2.05, 4.69) is 10.6 Å². The molecule has 0 aromatic rings. The van der Waals surface area contributed by atoms with Gasteiger partial charge in [-0.15, -0.1) is 0 Å². The Morgan fingerprint density at radius 3 is 1.29 bits per heavy atom. The molecule has 0 heterocycles.